The molecule has 0 unspecified atom stereocenters. The van der Waals surface area contributed by atoms with E-state index in [1.807, 2.05) is 26.0 Å². The first-order valence-corrected chi connectivity index (χ1v) is 9.25. The van der Waals surface area contributed by atoms with Crippen LogP contribution in [0.15, 0.2) is 54.1 Å². The minimum Gasteiger partial charge on any atom is -0.321 e. The first-order chi connectivity index (χ1) is 13.8. The van der Waals surface area contributed by atoms with Crippen LogP contribution in [-0.4, -0.2) is 10.5 Å². The van der Waals surface area contributed by atoms with Gasteiger partial charge in [-0.15, -0.1) is 0 Å². The number of amides is 1. The highest BCUT2D eigenvalue weighted by molar-refractivity contribution is 6.09. The topological polar surface area (TPSA) is 57.8 Å². The van der Waals surface area contributed by atoms with E-state index in [9.17, 15) is 14.4 Å². The van der Waals surface area contributed by atoms with Crippen LogP contribution in [-0.2, 0) is 4.79 Å². The number of aromatic nitrogens is 1. The fraction of sp³-hybridized carbons (Fsp3) is 0.167. The molecule has 0 aliphatic rings. The van der Waals surface area contributed by atoms with Crippen molar-refractivity contribution in [3.05, 3.63) is 88.0 Å². The van der Waals surface area contributed by atoms with E-state index in [1.165, 1.54) is 35.4 Å². The van der Waals surface area contributed by atoms with Crippen molar-refractivity contribution in [1.29, 1.82) is 5.26 Å². The molecule has 5 heteroatoms. The van der Waals surface area contributed by atoms with Crippen molar-refractivity contribution < 1.29 is 9.18 Å². The van der Waals surface area contributed by atoms with Gasteiger partial charge in [-0.25, -0.2) is 4.39 Å². The Labute approximate surface area is 169 Å². The highest BCUT2D eigenvalue weighted by atomic mass is 19.1. The lowest BCUT2D eigenvalue weighted by atomic mass is 10.1. The molecule has 0 bridgehead atoms. The average molecular weight is 387 g/mol. The van der Waals surface area contributed by atoms with Crippen molar-refractivity contribution in [1.82, 2.24) is 4.57 Å². The van der Waals surface area contributed by atoms with Crippen molar-refractivity contribution >= 4 is 17.7 Å². The molecule has 29 heavy (non-hydrogen) atoms. The number of hydrogen-bond acceptors (Lipinski definition) is 2. The number of aryl methyl sites for hydroxylation is 3. The summed E-state index contributed by atoms with van der Waals surface area (Å²) in [7, 11) is 0. The summed E-state index contributed by atoms with van der Waals surface area (Å²) in [5, 5.41) is 12.1. The molecule has 1 aromatic heterocycles. The van der Waals surface area contributed by atoms with E-state index in [4.69, 9.17) is 0 Å². The third-order valence-electron chi connectivity index (χ3n) is 4.70. The Balaban J connectivity index is 1.95. The SMILES string of the molecule is Cc1cc(C)cc(-n2c(C)cc(/C=C(\C#N)C(=O)Nc3ccc(F)cc3)c2C)c1. The standard InChI is InChI=1S/C24H22FN3O/c1-15-9-16(2)11-23(10-15)28-17(3)12-19(18(28)4)13-20(14-26)24(29)27-22-7-5-21(25)6-8-22/h5-13H,1-4H3,(H,27,29)/b20-13+. The first kappa shape index (κ1) is 20.1. The second kappa shape index (κ2) is 8.15. The molecule has 0 aliphatic heterocycles. The molecular weight excluding hydrogens is 365 g/mol. The highest BCUT2D eigenvalue weighted by Crippen LogP contribution is 2.24. The number of anilines is 1. The van der Waals surface area contributed by atoms with E-state index in [1.54, 1.807) is 6.08 Å². The summed E-state index contributed by atoms with van der Waals surface area (Å²) in [6, 6.07) is 15.7. The van der Waals surface area contributed by atoms with Crippen molar-refractivity contribution in [2.45, 2.75) is 27.7 Å². The van der Waals surface area contributed by atoms with E-state index in [0.29, 0.717) is 5.69 Å². The molecule has 0 aliphatic carbocycles. The van der Waals surface area contributed by atoms with E-state index in [-0.39, 0.29) is 5.57 Å². The van der Waals surface area contributed by atoms with Gasteiger partial charge in [0.05, 0.1) is 0 Å². The second-order valence-corrected chi connectivity index (χ2v) is 7.14. The molecule has 146 valence electrons. The summed E-state index contributed by atoms with van der Waals surface area (Å²) in [4.78, 5) is 12.5. The predicted octanol–water partition coefficient (Wildman–Crippen LogP) is 5.40. The van der Waals surface area contributed by atoms with Crippen molar-refractivity contribution in [2.24, 2.45) is 0 Å². The van der Waals surface area contributed by atoms with Gasteiger partial charge in [0.2, 0.25) is 0 Å². The monoisotopic (exact) mass is 387 g/mol. The van der Waals surface area contributed by atoms with Crippen LogP contribution in [0.5, 0.6) is 0 Å². The Morgan fingerprint density at radius 3 is 2.24 bits per heavy atom. The summed E-state index contributed by atoms with van der Waals surface area (Å²) in [5.41, 5.74) is 6.54. The van der Waals surface area contributed by atoms with Gasteiger partial charge in [-0.2, -0.15) is 5.26 Å². The summed E-state index contributed by atoms with van der Waals surface area (Å²) < 4.78 is 15.1. The lowest BCUT2D eigenvalue weighted by Gasteiger charge is -2.12. The fourth-order valence-corrected chi connectivity index (χ4v) is 3.45. The number of rotatable bonds is 4. The number of halogens is 1. The molecule has 4 nitrogen and oxygen atoms in total. The number of nitrogens with zero attached hydrogens (tertiary/aromatic N) is 2. The van der Waals surface area contributed by atoms with Gasteiger partial charge in [-0.3, -0.25) is 4.79 Å². The lowest BCUT2D eigenvalue weighted by molar-refractivity contribution is -0.112. The van der Waals surface area contributed by atoms with Crippen molar-refractivity contribution in [3.8, 4) is 11.8 Å². The van der Waals surface area contributed by atoms with Gasteiger partial charge in [0.1, 0.15) is 17.5 Å². The van der Waals surface area contributed by atoms with Gasteiger partial charge in [-0.05, 0) is 92.9 Å². The second-order valence-electron chi connectivity index (χ2n) is 7.14. The third-order valence-corrected chi connectivity index (χ3v) is 4.70. The number of carbonyl (C=O) groups is 1. The molecule has 1 amide bonds. The molecule has 3 rings (SSSR count). The van der Waals surface area contributed by atoms with Gasteiger partial charge in [0.15, 0.2) is 0 Å². The molecule has 1 N–H and O–H groups in total. The molecular formula is C24H22FN3O. The smallest absolute Gasteiger partial charge is 0.266 e. The minimum atomic E-state index is -0.532. The summed E-state index contributed by atoms with van der Waals surface area (Å²) in [6.07, 6.45) is 1.58. The van der Waals surface area contributed by atoms with Crippen LogP contribution in [0.1, 0.15) is 28.1 Å². The number of carbonyl (C=O) groups excluding carboxylic acids is 1. The van der Waals surface area contributed by atoms with Gasteiger partial charge in [0, 0.05) is 22.8 Å². The summed E-state index contributed by atoms with van der Waals surface area (Å²) in [6.45, 7) is 8.06. The van der Waals surface area contributed by atoms with Gasteiger partial charge < -0.3 is 9.88 Å². The van der Waals surface area contributed by atoms with Crippen molar-refractivity contribution in [3.63, 3.8) is 0 Å². The zero-order chi connectivity index (χ0) is 21.1. The Kier molecular flexibility index (Phi) is 5.65. The van der Waals surface area contributed by atoms with Gasteiger partial charge in [-0.1, -0.05) is 6.07 Å². The Morgan fingerprint density at radius 2 is 1.66 bits per heavy atom. The number of nitrogens with one attached hydrogen (secondary N) is 1. The Hall–Kier alpha value is -3.65. The number of benzene rings is 2. The zero-order valence-corrected chi connectivity index (χ0v) is 16.9. The molecule has 1 heterocycles. The van der Waals surface area contributed by atoms with Crippen molar-refractivity contribution in [2.75, 3.05) is 5.32 Å². The van der Waals surface area contributed by atoms with Crippen LogP contribution in [0.25, 0.3) is 11.8 Å². The fourth-order valence-electron chi connectivity index (χ4n) is 3.45. The van der Waals surface area contributed by atoms with E-state index >= 15 is 0 Å². The van der Waals surface area contributed by atoms with Crippen LogP contribution < -0.4 is 5.32 Å². The molecule has 0 saturated heterocycles. The Morgan fingerprint density at radius 1 is 1.03 bits per heavy atom. The quantitative estimate of drug-likeness (QED) is 0.482. The Bertz CT molecular complexity index is 1130. The third kappa shape index (κ3) is 4.44. The summed E-state index contributed by atoms with van der Waals surface area (Å²) in [5.74, 6) is -0.923. The van der Waals surface area contributed by atoms with Crippen LogP contribution in [0.4, 0.5) is 10.1 Å². The molecule has 0 radical (unpaired) electrons. The van der Waals surface area contributed by atoms with Crippen LogP contribution in [0, 0.1) is 44.8 Å². The number of nitriles is 1. The normalized spacial score (nSPS) is 11.2. The van der Waals surface area contributed by atoms with E-state index < -0.39 is 11.7 Å². The first-order valence-electron chi connectivity index (χ1n) is 9.25. The maximum absolute atomic E-state index is 13.0. The van der Waals surface area contributed by atoms with Gasteiger partial charge >= 0.3 is 0 Å². The molecule has 2 aromatic carbocycles. The lowest BCUT2D eigenvalue weighted by Crippen LogP contribution is -2.13. The van der Waals surface area contributed by atoms with E-state index in [2.05, 4.69) is 41.9 Å². The molecule has 0 saturated carbocycles. The maximum Gasteiger partial charge on any atom is 0.266 e. The average Bonchev–Trinajstić information content (AvgIpc) is 2.94. The maximum atomic E-state index is 13.0. The zero-order valence-electron chi connectivity index (χ0n) is 16.9. The minimum absolute atomic E-state index is 0.0185. The molecule has 3 aromatic rings. The summed E-state index contributed by atoms with van der Waals surface area (Å²) >= 11 is 0. The van der Waals surface area contributed by atoms with Gasteiger partial charge in [0.25, 0.3) is 5.91 Å². The molecule has 0 atom stereocenters. The number of hydrogen-bond donors (Lipinski definition) is 1. The molecule has 0 spiro atoms. The van der Waals surface area contributed by atoms with Crippen LogP contribution in [0.3, 0.4) is 0 Å². The largest absolute Gasteiger partial charge is 0.321 e. The van der Waals surface area contributed by atoms with Crippen LogP contribution >= 0.6 is 0 Å². The van der Waals surface area contributed by atoms with Crippen LogP contribution in [0.2, 0.25) is 0 Å². The molecule has 0 fully saturated rings. The highest BCUT2D eigenvalue weighted by Gasteiger charge is 2.14. The predicted molar refractivity (Wildman–Crippen MR) is 113 cm³/mol. The van der Waals surface area contributed by atoms with E-state index in [0.717, 1.165) is 22.6 Å².